The molecule has 0 saturated carbocycles. The average molecular weight is 353 g/mol. The molecule has 4 nitrogen and oxygen atoms in total. The van der Waals surface area contributed by atoms with E-state index in [1.54, 1.807) is 20.8 Å². The fraction of sp³-hybridized carbons (Fsp3) is 0.294. The van der Waals surface area contributed by atoms with Gasteiger partial charge in [-0.2, -0.15) is 0 Å². The molecule has 0 aliphatic carbocycles. The lowest BCUT2D eigenvalue weighted by atomic mass is 10.1. The summed E-state index contributed by atoms with van der Waals surface area (Å²) in [6, 6.07) is 3.08. The third-order valence-corrected chi connectivity index (χ3v) is 4.48. The van der Waals surface area contributed by atoms with Crippen LogP contribution >= 0.6 is 11.8 Å². The number of aryl methyl sites for hydroxylation is 1. The zero-order chi connectivity index (χ0) is 17.9. The maximum atomic E-state index is 13.6. The third kappa shape index (κ3) is 3.84. The van der Waals surface area contributed by atoms with Gasteiger partial charge >= 0.3 is 5.97 Å². The average Bonchev–Trinajstić information content (AvgIpc) is 2.83. The molecule has 1 N–H and O–H groups in total. The van der Waals surface area contributed by atoms with Crippen LogP contribution in [0.5, 0.6) is 0 Å². The van der Waals surface area contributed by atoms with Crippen molar-refractivity contribution in [1.29, 1.82) is 0 Å². The Labute approximate surface area is 142 Å². The summed E-state index contributed by atoms with van der Waals surface area (Å²) in [6.07, 6.45) is 0. The van der Waals surface area contributed by atoms with Crippen LogP contribution in [0, 0.1) is 25.5 Å². The van der Waals surface area contributed by atoms with Gasteiger partial charge in [0.15, 0.2) is 5.78 Å². The van der Waals surface area contributed by atoms with Gasteiger partial charge in [-0.15, -0.1) is 11.8 Å². The van der Waals surface area contributed by atoms with Crippen LogP contribution < -0.4 is 0 Å². The Kier molecular flexibility index (Phi) is 5.77. The predicted octanol–water partition coefficient (Wildman–Crippen LogP) is 4.06. The summed E-state index contributed by atoms with van der Waals surface area (Å²) >= 11 is 0.906. The largest absolute Gasteiger partial charge is 0.462 e. The zero-order valence-electron chi connectivity index (χ0n) is 13.5. The second-order valence-electron chi connectivity index (χ2n) is 5.13. The van der Waals surface area contributed by atoms with Crippen LogP contribution in [0.25, 0.3) is 0 Å². The standard InChI is InChI=1S/C17H17F2NO3S/c1-4-23-17(22)15-9(2)16(20-10(15)3)13(21)8-24-14-7-11(18)5-6-12(14)19/h5-7,20H,4,8H2,1-3H3. The van der Waals surface area contributed by atoms with E-state index in [4.69, 9.17) is 4.74 Å². The molecule has 2 aromatic rings. The minimum Gasteiger partial charge on any atom is -0.462 e. The number of Topliss-reactive ketones (excluding diaryl/α,β-unsaturated/α-hetero) is 1. The molecule has 0 radical (unpaired) electrons. The van der Waals surface area contributed by atoms with E-state index in [1.807, 2.05) is 0 Å². The third-order valence-electron chi connectivity index (χ3n) is 3.45. The van der Waals surface area contributed by atoms with Gasteiger partial charge in [0.2, 0.25) is 0 Å². The molecule has 128 valence electrons. The number of hydrogen-bond donors (Lipinski definition) is 1. The molecule has 0 fully saturated rings. The fourth-order valence-electron chi connectivity index (χ4n) is 2.34. The van der Waals surface area contributed by atoms with Gasteiger partial charge in [-0.25, -0.2) is 13.6 Å². The Morgan fingerprint density at radius 1 is 1.25 bits per heavy atom. The first-order valence-corrected chi connectivity index (χ1v) is 8.31. The normalized spacial score (nSPS) is 10.7. The first-order valence-electron chi connectivity index (χ1n) is 7.32. The Hall–Kier alpha value is -2.15. The number of thioether (sulfide) groups is 1. The lowest BCUT2D eigenvalue weighted by Crippen LogP contribution is -2.08. The summed E-state index contributed by atoms with van der Waals surface area (Å²) < 4.78 is 31.7. The molecule has 1 heterocycles. The van der Waals surface area contributed by atoms with Gasteiger partial charge in [0.05, 0.1) is 23.6 Å². The van der Waals surface area contributed by atoms with Crippen molar-refractivity contribution in [2.24, 2.45) is 0 Å². The van der Waals surface area contributed by atoms with Crippen LogP contribution in [0.1, 0.15) is 39.0 Å². The van der Waals surface area contributed by atoms with Crippen LogP contribution in [0.3, 0.4) is 0 Å². The number of aromatic amines is 1. The smallest absolute Gasteiger partial charge is 0.340 e. The molecule has 24 heavy (non-hydrogen) atoms. The Morgan fingerprint density at radius 2 is 1.96 bits per heavy atom. The number of esters is 1. The second-order valence-corrected chi connectivity index (χ2v) is 6.15. The molecule has 0 amide bonds. The highest BCUT2D eigenvalue weighted by atomic mass is 32.2. The number of carbonyl (C=O) groups excluding carboxylic acids is 2. The quantitative estimate of drug-likeness (QED) is 0.483. The molecule has 1 aromatic carbocycles. The number of halogens is 2. The predicted molar refractivity (Wildman–Crippen MR) is 87.6 cm³/mol. The molecular weight excluding hydrogens is 336 g/mol. The summed E-state index contributed by atoms with van der Waals surface area (Å²) in [7, 11) is 0. The Balaban J connectivity index is 2.17. The molecule has 0 aliphatic rings. The van der Waals surface area contributed by atoms with E-state index in [0.717, 1.165) is 30.0 Å². The number of carbonyl (C=O) groups is 2. The second kappa shape index (κ2) is 7.61. The van der Waals surface area contributed by atoms with Crippen molar-refractivity contribution < 1.29 is 23.1 Å². The van der Waals surface area contributed by atoms with Crippen molar-refractivity contribution in [3.05, 3.63) is 52.3 Å². The number of hydrogen-bond acceptors (Lipinski definition) is 4. The molecule has 0 saturated heterocycles. The van der Waals surface area contributed by atoms with E-state index < -0.39 is 17.6 Å². The van der Waals surface area contributed by atoms with Crippen LogP contribution in [-0.2, 0) is 4.74 Å². The molecule has 0 atom stereocenters. The van der Waals surface area contributed by atoms with Gasteiger partial charge in [0.1, 0.15) is 11.6 Å². The van der Waals surface area contributed by atoms with E-state index in [9.17, 15) is 18.4 Å². The van der Waals surface area contributed by atoms with Crippen LogP contribution in [0.2, 0.25) is 0 Å². The summed E-state index contributed by atoms with van der Waals surface area (Å²) in [6.45, 7) is 5.26. The highest BCUT2D eigenvalue weighted by Crippen LogP contribution is 2.25. The van der Waals surface area contributed by atoms with E-state index in [1.165, 1.54) is 0 Å². The summed E-state index contributed by atoms with van der Waals surface area (Å²) in [5, 5.41) is 0. The highest BCUT2D eigenvalue weighted by Gasteiger charge is 2.23. The molecule has 0 bridgehead atoms. The first kappa shape index (κ1) is 18.2. The number of benzene rings is 1. The van der Waals surface area contributed by atoms with Crippen molar-refractivity contribution in [1.82, 2.24) is 4.98 Å². The van der Waals surface area contributed by atoms with Crippen molar-refractivity contribution >= 4 is 23.5 Å². The van der Waals surface area contributed by atoms with E-state index in [0.29, 0.717) is 16.8 Å². The van der Waals surface area contributed by atoms with Crippen LogP contribution in [0.15, 0.2) is 23.1 Å². The SMILES string of the molecule is CCOC(=O)c1c(C)[nH]c(C(=O)CSc2cc(F)ccc2F)c1C. The summed E-state index contributed by atoms with van der Waals surface area (Å²) in [5.41, 5.74) is 1.65. The maximum Gasteiger partial charge on any atom is 0.340 e. The molecule has 2 rings (SSSR count). The summed E-state index contributed by atoms with van der Waals surface area (Å²) in [4.78, 5) is 27.2. The van der Waals surface area contributed by atoms with Crippen LogP contribution in [-0.4, -0.2) is 29.1 Å². The Bertz CT molecular complexity index is 786. The van der Waals surface area contributed by atoms with Crippen molar-refractivity contribution in [2.45, 2.75) is 25.7 Å². The number of ketones is 1. The maximum absolute atomic E-state index is 13.6. The van der Waals surface area contributed by atoms with Gasteiger partial charge in [-0.3, -0.25) is 4.79 Å². The zero-order valence-corrected chi connectivity index (χ0v) is 14.4. The topological polar surface area (TPSA) is 59.2 Å². The van der Waals surface area contributed by atoms with Crippen LogP contribution in [0.4, 0.5) is 8.78 Å². The number of H-pyrrole nitrogens is 1. The minimum absolute atomic E-state index is 0.0647. The molecular formula is C17H17F2NO3S. The van der Waals surface area contributed by atoms with Gasteiger partial charge < -0.3 is 9.72 Å². The summed E-state index contributed by atoms with van der Waals surface area (Å²) in [5.74, 6) is -2.03. The lowest BCUT2D eigenvalue weighted by molar-refractivity contribution is 0.0525. The van der Waals surface area contributed by atoms with E-state index in [-0.39, 0.29) is 28.7 Å². The Morgan fingerprint density at radius 3 is 2.62 bits per heavy atom. The number of aromatic nitrogens is 1. The van der Waals surface area contributed by atoms with E-state index in [2.05, 4.69) is 4.98 Å². The molecule has 1 aromatic heterocycles. The first-order chi connectivity index (χ1) is 11.3. The molecule has 0 aliphatic heterocycles. The highest BCUT2D eigenvalue weighted by molar-refractivity contribution is 8.00. The monoisotopic (exact) mass is 353 g/mol. The molecule has 7 heteroatoms. The number of nitrogens with one attached hydrogen (secondary N) is 1. The van der Waals surface area contributed by atoms with Crippen molar-refractivity contribution in [3.8, 4) is 0 Å². The number of rotatable bonds is 6. The fourth-order valence-corrected chi connectivity index (χ4v) is 3.17. The number of ether oxygens (including phenoxy) is 1. The lowest BCUT2D eigenvalue weighted by Gasteiger charge is -2.04. The van der Waals surface area contributed by atoms with Gasteiger partial charge in [0.25, 0.3) is 0 Å². The van der Waals surface area contributed by atoms with Gasteiger partial charge in [0, 0.05) is 10.6 Å². The van der Waals surface area contributed by atoms with E-state index >= 15 is 0 Å². The van der Waals surface area contributed by atoms with Crippen molar-refractivity contribution in [2.75, 3.05) is 12.4 Å². The molecule has 0 unspecified atom stereocenters. The van der Waals surface area contributed by atoms with Gasteiger partial charge in [-0.1, -0.05) is 0 Å². The van der Waals surface area contributed by atoms with Gasteiger partial charge in [-0.05, 0) is 44.5 Å². The molecule has 0 spiro atoms. The van der Waals surface area contributed by atoms with Crippen molar-refractivity contribution in [3.63, 3.8) is 0 Å². The minimum atomic E-state index is -0.583.